The molecule has 4 nitrogen and oxygen atoms in total. The largest absolute Gasteiger partial charge is 0.508 e. The smallest absolute Gasteiger partial charge is 0.115 e. The Morgan fingerprint density at radius 3 is 2.59 bits per heavy atom. The molecule has 0 amide bonds. The molecule has 4 heteroatoms. The molecule has 96 valence electrons. The van der Waals surface area contributed by atoms with Gasteiger partial charge in [-0.15, -0.1) is 0 Å². The van der Waals surface area contributed by atoms with Gasteiger partial charge in [-0.2, -0.15) is 0 Å². The van der Waals surface area contributed by atoms with E-state index in [2.05, 4.69) is 10.2 Å². The van der Waals surface area contributed by atoms with Crippen molar-refractivity contribution in [3.8, 4) is 5.75 Å². The maximum atomic E-state index is 9.54. The Morgan fingerprint density at radius 1 is 1.35 bits per heavy atom. The Morgan fingerprint density at radius 2 is 2.06 bits per heavy atom. The molecule has 1 aromatic carbocycles. The number of aliphatic hydroxyl groups is 1. The number of rotatable bonds is 6. The Hall–Kier alpha value is -1.10. The van der Waals surface area contributed by atoms with Crippen molar-refractivity contribution in [2.45, 2.75) is 12.5 Å². The molecule has 17 heavy (non-hydrogen) atoms. The molecule has 0 aliphatic heterocycles. The first-order chi connectivity index (χ1) is 7.98. The topological polar surface area (TPSA) is 55.7 Å². The van der Waals surface area contributed by atoms with E-state index >= 15 is 0 Å². The Balaban J connectivity index is 2.73. The molecule has 0 radical (unpaired) electrons. The number of likely N-dealkylation sites (N-methyl/N-ethyl adjacent to an activating group) is 1. The van der Waals surface area contributed by atoms with Crippen LogP contribution in [0.25, 0.3) is 0 Å². The van der Waals surface area contributed by atoms with Crippen LogP contribution >= 0.6 is 0 Å². The second-order valence-electron chi connectivity index (χ2n) is 4.77. The Bertz CT molecular complexity index is 355. The molecule has 1 atom stereocenters. The first-order valence-electron chi connectivity index (χ1n) is 5.78. The van der Waals surface area contributed by atoms with E-state index in [1.807, 2.05) is 27.1 Å². The average molecular weight is 238 g/mol. The van der Waals surface area contributed by atoms with Gasteiger partial charge in [-0.1, -0.05) is 12.1 Å². The maximum Gasteiger partial charge on any atom is 0.115 e. The summed E-state index contributed by atoms with van der Waals surface area (Å²) in [5, 5.41) is 22.3. The molecule has 0 aliphatic carbocycles. The molecule has 0 bridgehead atoms. The van der Waals surface area contributed by atoms with Crippen molar-refractivity contribution in [3.63, 3.8) is 0 Å². The van der Waals surface area contributed by atoms with Gasteiger partial charge >= 0.3 is 0 Å². The van der Waals surface area contributed by atoms with Crippen LogP contribution < -0.4 is 5.32 Å². The van der Waals surface area contributed by atoms with E-state index in [9.17, 15) is 10.2 Å². The molecule has 0 saturated heterocycles. The molecular weight excluding hydrogens is 216 g/mol. The predicted molar refractivity (Wildman–Crippen MR) is 69.1 cm³/mol. The van der Waals surface area contributed by atoms with Gasteiger partial charge in [0.2, 0.25) is 0 Å². The van der Waals surface area contributed by atoms with E-state index < -0.39 is 5.54 Å². The lowest BCUT2D eigenvalue weighted by Crippen LogP contribution is -2.45. The van der Waals surface area contributed by atoms with Crippen molar-refractivity contribution in [1.82, 2.24) is 10.2 Å². The number of nitrogens with one attached hydrogen (secondary N) is 1. The van der Waals surface area contributed by atoms with Gasteiger partial charge < -0.3 is 20.4 Å². The average Bonchev–Trinajstić information content (AvgIpc) is 2.28. The summed E-state index contributed by atoms with van der Waals surface area (Å²) in [7, 11) is 4.01. The zero-order chi connectivity index (χ0) is 12.9. The van der Waals surface area contributed by atoms with Crippen LogP contribution in [-0.4, -0.2) is 48.9 Å². The monoisotopic (exact) mass is 238 g/mol. The van der Waals surface area contributed by atoms with Crippen LogP contribution in [0.15, 0.2) is 24.3 Å². The fourth-order valence-electron chi connectivity index (χ4n) is 1.65. The van der Waals surface area contributed by atoms with Crippen LogP contribution in [0.2, 0.25) is 0 Å². The van der Waals surface area contributed by atoms with Crippen molar-refractivity contribution in [3.05, 3.63) is 29.8 Å². The minimum atomic E-state index is -0.519. The lowest BCUT2D eigenvalue weighted by molar-refractivity contribution is 0.171. The van der Waals surface area contributed by atoms with E-state index in [4.69, 9.17) is 0 Å². The van der Waals surface area contributed by atoms with Gasteiger partial charge in [-0.25, -0.2) is 0 Å². The molecule has 0 aliphatic rings. The number of aliphatic hydroxyl groups excluding tert-OH is 1. The van der Waals surface area contributed by atoms with Crippen molar-refractivity contribution < 1.29 is 10.2 Å². The molecule has 1 rings (SSSR count). The van der Waals surface area contributed by atoms with Crippen LogP contribution in [0, 0.1) is 0 Å². The van der Waals surface area contributed by atoms with E-state index in [0.29, 0.717) is 0 Å². The van der Waals surface area contributed by atoms with Crippen LogP contribution in [-0.2, 0) is 5.54 Å². The van der Waals surface area contributed by atoms with Crippen LogP contribution in [0.3, 0.4) is 0 Å². The lowest BCUT2D eigenvalue weighted by atomic mass is 9.92. The number of hydrogen-bond acceptors (Lipinski definition) is 4. The number of aromatic hydroxyl groups is 1. The number of hydrogen-bond donors (Lipinski definition) is 3. The first-order valence-corrected chi connectivity index (χ1v) is 5.78. The number of benzene rings is 1. The lowest BCUT2D eigenvalue weighted by Gasteiger charge is -2.30. The third-order valence-corrected chi connectivity index (χ3v) is 2.87. The third kappa shape index (κ3) is 4.00. The van der Waals surface area contributed by atoms with E-state index in [0.717, 1.165) is 18.7 Å². The molecule has 1 unspecified atom stereocenters. The van der Waals surface area contributed by atoms with Crippen molar-refractivity contribution >= 4 is 0 Å². The SMILES string of the molecule is CN(C)CCNC(C)(CO)c1cccc(O)c1. The summed E-state index contributed by atoms with van der Waals surface area (Å²) in [4.78, 5) is 2.08. The van der Waals surface area contributed by atoms with Gasteiger partial charge in [-0.3, -0.25) is 0 Å². The molecule has 0 heterocycles. The van der Waals surface area contributed by atoms with Crippen LogP contribution in [0.4, 0.5) is 0 Å². The molecule has 1 aromatic rings. The van der Waals surface area contributed by atoms with Crippen LogP contribution in [0.5, 0.6) is 5.75 Å². The predicted octanol–water partition coefficient (Wildman–Crippen LogP) is 0.751. The standard InChI is InChI=1S/C13H22N2O2/c1-13(10-16,14-7-8-15(2)3)11-5-4-6-12(17)9-11/h4-6,9,14,16-17H,7-8,10H2,1-3H3. The van der Waals surface area contributed by atoms with Gasteiger partial charge in [0.1, 0.15) is 5.75 Å². The Labute approximate surface area is 103 Å². The highest BCUT2D eigenvalue weighted by atomic mass is 16.3. The molecular formula is C13H22N2O2. The van der Waals surface area contributed by atoms with Gasteiger partial charge in [0.25, 0.3) is 0 Å². The van der Waals surface area contributed by atoms with E-state index in [1.165, 1.54) is 0 Å². The van der Waals surface area contributed by atoms with Crippen molar-refractivity contribution in [2.24, 2.45) is 0 Å². The number of phenols is 1. The van der Waals surface area contributed by atoms with E-state index in [-0.39, 0.29) is 12.4 Å². The molecule has 0 saturated carbocycles. The molecule has 0 spiro atoms. The highest BCUT2D eigenvalue weighted by molar-refractivity contribution is 5.32. The summed E-state index contributed by atoms with van der Waals surface area (Å²) < 4.78 is 0. The zero-order valence-corrected chi connectivity index (χ0v) is 10.8. The minimum absolute atomic E-state index is 0.0100. The van der Waals surface area contributed by atoms with Crippen molar-refractivity contribution in [1.29, 1.82) is 0 Å². The summed E-state index contributed by atoms with van der Waals surface area (Å²) in [6.45, 7) is 3.59. The van der Waals surface area contributed by atoms with Gasteiger partial charge in [0, 0.05) is 13.1 Å². The number of nitrogens with zero attached hydrogens (tertiary/aromatic N) is 1. The van der Waals surface area contributed by atoms with E-state index in [1.54, 1.807) is 18.2 Å². The zero-order valence-electron chi connectivity index (χ0n) is 10.8. The highest BCUT2D eigenvalue weighted by Crippen LogP contribution is 2.23. The summed E-state index contributed by atoms with van der Waals surface area (Å²) in [6, 6.07) is 6.99. The number of phenolic OH excluding ortho intramolecular Hbond substituents is 1. The fraction of sp³-hybridized carbons (Fsp3) is 0.538. The first kappa shape index (κ1) is 14.0. The second kappa shape index (κ2) is 6.00. The van der Waals surface area contributed by atoms with Gasteiger partial charge in [0.15, 0.2) is 0 Å². The third-order valence-electron chi connectivity index (χ3n) is 2.87. The minimum Gasteiger partial charge on any atom is -0.508 e. The summed E-state index contributed by atoms with van der Waals surface area (Å²) in [6.07, 6.45) is 0. The quantitative estimate of drug-likeness (QED) is 0.684. The van der Waals surface area contributed by atoms with Gasteiger partial charge in [0.05, 0.1) is 12.1 Å². The molecule has 0 aromatic heterocycles. The molecule has 3 N–H and O–H groups in total. The fourth-order valence-corrected chi connectivity index (χ4v) is 1.65. The maximum absolute atomic E-state index is 9.54. The summed E-state index contributed by atoms with van der Waals surface area (Å²) in [5.74, 6) is 0.219. The normalized spacial score (nSPS) is 14.9. The summed E-state index contributed by atoms with van der Waals surface area (Å²) in [5.41, 5.74) is 0.369. The summed E-state index contributed by atoms with van der Waals surface area (Å²) >= 11 is 0. The molecule has 0 fully saturated rings. The second-order valence-corrected chi connectivity index (χ2v) is 4.77. The van der Waals surface area contributed by atoms with Crippen LogP contribution in [0.1, 0.15) is 12.5 Å². The highest BCUT2D eigenvalue weighted by Gasteiger charge is 2.25. The van der Waals surface area contributed by atoms with Crippen molar-refractivity contribution in [2.75, 3.05) is 33.8 Å². The van der Waals surface area contributed by atoms with Gasteiger partial charge in [-0.05, 0) is 38.7 Å². The Kier molecular flexibility index (Phi) is 4.93.